The highest BCUT2D eigenvalue weighted by Crippen LogP contribution is 2.25. The maximum atomic E-state index is 13.9. The lowest BCUT2D eigenvalue weighted by Crippen LogP contribution is -2.27. The van der Waals surface area contributed by atoms with Crippen LogP contribution in [0.25, 0.3) is 0 Å². The molecule has 0 fully saturated rings. The summed E-state index contributed by atoms with van der Waals surface area (Å²) in [4.78, 5) is 3.42. The van der Waals surface area contributed by atoms with Crippen molar-refractivity contribution < 1.29 is 17.3 Å². The molecule has 0 aliphatic rings. The quantitative estimate of drug-likeness (QED) is 0.760. The average Bonchev–Trinajstić information content (AvgIpc) is 2.79. The first-order chi connectivity index (χ1) is 9.79. The summed E-state index contributed by atoms with van der Waals surface area (Å²) in [7, 11) is -4.02. The molecule has 1 aromatic heterocycles. The van der Waals surface area contributed by atoms with E-state index in [1.165, 1.54) is 6.07 Å². The van der Waals surface area contributed by atoms with Crippen molar-refractivity contribution in [1.82, 2.24) is 14.9 Å². The zero-order valence-corrected chi connectivity index (χ0v) is 13.3. The zero-order valence-electron chi connectivity index (χ0n) is 10.9. The first-order valence-electron chi connectivity index (χ1n) is 5.83. The van der Waals surface area contributed by atoms with E-state index >= 15 is 0 Å². The van der Waals surface area contributed by atoms with Crippen LogP contribution in [0.5, 0.6) is 0 Å². The first-order valence-corrected chi connectivity index (χ1v) is 8.10. The molecule has 1 heterocycles. The lowest BCUT2D eigenvalue weighted by Gasteiger charge is -2.08. The minimum atomic E-state index is -4.02. The number of nitrogens with two attached hydrogens (primary N) is 1. The maximum Gasteiger partial charge on any atom is 0.243 e. The van der Waals surface area contributed by atoms with Gasteiger partial charge >= 0.3 is 0 Å². The Labute approximate surface area is 128 Å². The van der Waals surface area contributed by atoms with Crippen molar-refractivity contribution in [3.05, 3.63) is 34.1 Å². The predicted octanol–water partition coefficient (Wildman–Crippen LogP) is 1.38. The fraction of sp³-hybridized carbons (Fsp3) is 0.273. The van der Waals surface area contributed by atoms with Crippen LogP contribution in [0.1, 0.15) is 11.7 Å². The number of halogens is 2. The van der Waals surface area contributed by atoms with E-state index in [1.54, 1.807) is 6.92 Å². The maximum absolute atomic E-state index is 13.9. The lowest BCUT2D eigenvalue weighted by molar-refractivity contribution is 0.387. The molecule has 0 aliphatic carbocycles. The molecule has 3 N–H and O–H groups in total. The summed E-state index contributed by atoms with van der Waals surface area (Å²) in [5.41, 5.74) is 5.66. The van der Waals surface area contributed by atoms with Gasteiger partial charge in [0.2, 0.25) is 15.9 Å². The number of aryl methyl sites for hydroxylation is 1. The van der Waals surface area contributed by atoms with E-state index in [-0.39, 0.29) is 23.1 Å². The van der Waals surface area contributed by atoms with Crippen molar-refractivity contribution in [2.75, 3.05) is 12.3 Å². The Morgan fingerprint density at radius 2 is 2.19 bits per heavy atom. The van der Waals surface area contributed by atoms with Gasteiger partial charge in [0.15, 0.2) is 11.6 Å². The monoisotopic (exact) mass is 378 g/mol. The molecule has 0 amide bonds. The Bertz CT molecular complexity index is 763. The van der Waals surface area contributed by atoms with Crippen molar-refractivity contribution in [2.24, 2.45) is 0 Å². The number of nitrogens with zero attached hydrogens (tertiary/aromatic N) is 2. The second-order valence-electron chi connectivity index (χ2n) is 4.19. The third-order valence-corrected chi connectivity index (χ3v) is 4.55. The van der Waals surface area contributed by atoms with Gasteiger partial charge in [-0.1, -0.05) is 5.16 Å². The molecular weight excluding hydrogens is 367 g/mol. The smallest absolute Gasteiger partial charge is 0.243 e. The zero-order chi connectivity index (χ0) is 15.6. The van der Waals surface area contributed by atoms with Gasteiger partial charge in [0, 0.05) is 25.6 Å². The number of sulfonamides is 1. The fourth-order valence-electron chi connectivity index (χ4n) is 1.60. The molecule has 0 unspecified atom stereocenters. The van der Waals surface area contributed by atoms with Gasteiger partial charge in [-0.15, -0.1) is 0 Å². The van der Waals surface area contributed by atoms with Crippen LogP contribution in [-0.2, 0) is 16.4 Å². The van der Waals surface area contributed by atoms with Crippen LogP contribution >= 0.6 is 15.9 Å². The molecule has 0 bridgehead atoms. The highest BCUT2D eigenvalue weighted by molar-refractivity contribution is 9.10. The van der Waals surface area contributed by atoms with Gasteiger partial charge in [-0.05, 0) is 28.1 Å². The standard InChI is InChI=1S/C11H12BrFN4O3S/c1-6-16-10(17-20-6)2-3-15-21(18,19)9-5-7(14)4-8(12)11(9)13/h4-5,15H,2-3,14H2,1H3. The van der Waals surface area contributed by atoms with Crippen LogP contribution in [0.3, 0.4) is 0 Å². The van der Waals surface area contributed by atoms with Crippen LogP contribution in [-0.4, -0.2) is 25.1 Å². The largest absolute Gasteiger partial charge is 0.399 e. The molecule has 0 radical (unpaired) electrons. The third-order valence-electron chi connectivity index (χ3n) is 2.52. The molecule has 1 aromatic carbocycles. The van der Waals surface area contributed by atoms with Crippen molar-refractivity contribution >= 4 is 31.6 Å². The molecule has 114 valence electrons. The fourth-order valence-corrected chi connectivity index (χ4v) is 3.37. The van der Waals surface area contributed by atoms with Gasteiger partial charge < -0.3 is 10.3 Å². The molecular formula is C11H12BrFN4O3S. The van der Waals surface area contributed by atoms with Crippen LogP contribution < -0.4 is 10.5 Å². The first kappa shape index (κ1) is 15.9. The molecule has 0 spiro atoms. The van der Waals surface area contributed by atoms with Gasteiger partial charge in [0.25, 0.3) is 0 Å². The van der Waals surface area contributed by atoms with Crippen LogP contribution in [0.4, 0.5) is 10.1 Å². The molecule has 7 nitrogen and oxygen atoms in total. The van der Waals surface area contributed by atoms with Crippen LogP contribution in [0.2, 0.25) is 0 Å². The Morgan fingerprint density at radius 3 is 2.81 bits per heavy atom. The number of hydrogen-bond donors (Lipinski definition) is 2. The molecule has 0 saturated carbocycles. The Kier molecular flexibility index (Phi) is 4.59. The van der Waals surface area contributed by atoms with E-state index in [4.69, 9.17) is 10.3 Å². The molecule has 21 heavy (non-hydrogen) atoms. The number of nitrogens with one attached hydrogen (secondary N) is 1. The summed E-state index contributed by atoms with van der Waals surface area (Å²) in [5, 5.41) is 3.63. The Balaban J connectivity index is 2.12. The summed E-state index contributed by atoms with van der Waals surface area (Å²) >= 11 is 2.92. The molecule has 0 saturated heterocycles. The van der Waals surface area contributed by atoms with Gasteiger partial charge in [-0.2, -0.15) is 4.98 Å². The van der Waals surface area contributed by atoms with Crippen molar-refractivity contribution in [3.63, 3.8) is 0 Å². The highest BCUT2D eigenvalue weighted by atomic mass is 79.9. The number of benzene rings is 1. The van der Waals surface area contributed by atoms with Crippen molar-refractivity contribution in [1.29, 1.82) is 0 Å². The van der Waals surface area contributed by atoms with E-state index in [0.29, 0.717) is 11.7 Å². The number of hydrogen-bond acceptors (Lipinski definition) is 6. The van der Waals surface area contributed by atoms with Gasteiger partial charge in [0.05, 0.1) is 4.47 Å². The number of anilines is 1. The Morgan fingerprint density at radius 1 is 1.48 bits per heavy atom. The van der Waals surface area contributed by atoms with Gasteiger partial charge in [-0.25, -0.2) is 17.5 Å². The van der Waals surface area contributed by atoms with E-state index in [9.17, 15) is 12.8 Å². The highest BCUT2D eigenvalue weighted by Gasteiger charge is 2.21. The summed E-state index contributed by atoms with van der Waals surface area (Å²) in [6.45, 7) is 1.63. The van der Waals surface area contributed by atoms with Crippen LogP contribution in [0, 0.1) is 12.7 Å². The van der Waals surface area contributed by atoms with E-state index in [1.807, 2.05) is 0 Å². The number of aromatic nitrogens is 2. The average molecular weight is 379 g/mol. The van der Waals surface area contributed by atoms with E-state index in [0.717, 1.165) is 6.07 Å². The summed E-state index contributed by atoms with van der Waals surface area (Å²) in [6, 6.07) is 2.34. The lowest BCUT2D eigenvalue weighted by atomic mass is 10.3. The topological polar surface area (TPSA) is 111 Å². The molecule has 2 rings (SSSR count). The Hall–Kier alpha value is -1.52. The van der Waals surface area contributed by atoms with Gasteiger partial charge in [-0.3, -0.25) is 0 Å². The second-order valence-corrected chi connectivity index (χ2v) is 6.78. The normalized spacial score (nSPS) is 11.8. The second kappa shape index (κ2) is 6.08. The molecule has 10 heteroatoms. The van der Waals surface area contributed by atoms with Gasteiger partial charge in [0.1, 0.15) is 4.90 Å². The minimum Gasteiger partial charge on any atom is -0.399 e. The predicted molar refractivity (Wildman–Crippen MR) is 76.4 cm³/mol. The van der Waals surface area contributed by atoms with Crippen LogP contribution in [0.15, 0.2) is 26.0 Å². The van der Waals surface area contributed by atoms with E-state index in [2.05, 4.69) is 30.8 Å². The SMILES string of the molecule is Cc1nc(CCNS(=O)(=O)c2cc(N)cc(Br)c2F)no1. The van der Waals surface area contributed by atoms with E-state index < -0.39 is 20.7 Å². The minimum absolute atomic E-state index is 0.00711. The summed E-state index contributed by atoms with van der Waals surface area (Å²) < 4.78 is 45.0. The molecule has 0 aliphatic heterocycles. The molecule has 0 atom stereocenters. The summed E-state index contributed by atoms with van der Waals surface area (Å²) in [6.07, 6.45) is 0.224. The third kappa shape index (κ3) is 3.77. The number of rotatable bonds is 5. The van der Waals surface area contributed by atoms with Crippen molar-refractivity contribution in [3.8, 4) is 0 Å². The summed E-state index contributed by atoms with van der Waals surface area (Å²) in [5.74, 6) is -0.143. The number of nitrogen functional groups attached to an aromatic ring is 1. The van der Waals surface area contributed by atoms with Crippen molar-refractivity contribution in [2.45, 2.75) is 18.2 Å². The molecule has 2 aromatic rings.